The van der Waals surface area contributed by atoms with Crippen LogP contribution < -0.4 is 0 Å². The van der Waals surface area contributed by atoms with Crippen molar-refractivity contribution < 1.29 is 17.9 Å². The van der Waals surface area contributed by atoms with Crippen LogP contribution in [0.5, 0.6) is 0 Å². The molecule has 2 aliphatic heterocycles. The van der Waals surface area contributed by atoms with Crippen LogP contribution in [-0.4, -0.2) is 89.3 Å². The molecule has 140 valence electrons. The molecule has 0 spiro atoms. The van der Waals surface area contributed by atoms with Crippen molar-refractivity contribution in [1.29, 1.82) is 0 Å². The Bertz CT molecular complexity index is 716. The van der Waals surface area contributed by atoms with Crippen molar-refractivity contribution in [3.63, 3.8) is 0 Å². The van der Waals surface area contributed by atoms with Crippen molar-refractivity contribution in [3.05, 3.63) is 17.7 Å². The lowest BCUT2D eigenvalue weighted by Gasteiger charge is -2.40. The van der Waals surface area contributed by atoms with Crippen molar-refractivity contribution in [2.45, 2.75) is 33.0 Å². The molecule has 2 saturated heterocycles. The van der Waals surface area contributed by atoms with Gasteiger partial charge in [-0.15, -0.1) is 0 Å². The number of amides is 1. The molecule has 2 aliphatic rings. The molecule has 3 heterocycles. The molecular weight excluding hydrogens is 346 g/mol. The lowest BCUT2D eigenvalue weighted by atomic mass is 10.3. The predicted octanol–water partition coefficient (Wildman–Crippen LogP) is -0.170. The average molecular weight is 371 g/mol. The van der Waals surface area contributed by atoms with Gasteiger partial charge >= 0.3 is 0 Å². The van der Waals surface area contributed by atoms with Gasteiger partial charge in [-0.05, 0) is 20.8 Å². The van der Waals surface area contributed by atoms with E-state index >= 15 is 0 Å². The van der Waals surface area contributed by atoms with Crippen molar-refractivity contribution >= 4 is 16.1 Å². The third-order valence-electron chi connectivity index (χ3n) is 4.50. The fourth-order valence-electron chi connectivity index (χ4n) is 3.30. The van der Waals surface area contributed by atoms with E-state index in [1.807, 2.05) is 13.8 Å². The number of aromatic nitrogens is 2. The van der Waals surface area contributed by atoms with E-state index in [9.17, 15) is 13.2 Å². The van der Waals surface area contributed by atoms with Gasteiger partial charge in [0.15, 0.2) is 0 Å². The number of morpholine rings is 1. The average Bonchev–Trinajstić information content (AvgIpc) is 3.00. The maximum absolute atomic E-state index is 12.9. The summed E-state index contributed by atoms with van der Waals surface area (Å²) in [7, 11) is -3.53. The monoisotopic (exact) mass is 371 g/mol. The Labute approximate surface area is 148 Å². The molecule has 0 bridgehead atoms. The summed E-state index contributed by atoms with van der Waals surface area (Å²) in [5.41, 5.74) is 0.435. The second-order valence-corrected chi connectivity index (χ2v) is 8.58. The molecular formula is C15H25N5O4S. The molecule has 2 fully saturated rings. The summed E-state index contributed by atoms with van der Waals surface area (Å²) < 4.78 is 34.3. The normalized spacial score (nSPS) is 26.8. The maximum Gasteiger partial charge on any atom is 0.282 e. The Balaban J connectivity index is 1.62. The molecule has 2 atom stereocenters. The van der Waals surface area contributed by atoms with Crippen LogP contribution in [0.25, 0.3) is 0 Å². The van der Waals surface area contributed by atoms with E-state index in [0.29, 0.717) is 50.8 Å². The summed E-state index contributed by atoms with van der Waals surface area (Å²) >= 11 is 0. The lowest BCUT2D eigenvalue weighted by Crippen LogP contribution is -2.57. The van der Waals surface area contributed by atoms with Gasteiger partial charge in [-0.1, -0.05) is 0 Å². The number of hydrogen-bond acceptors (Lipinski definition) is 5. The number of rotatable bonds is 3. The Hall–Kier alpha value is -1.49. The van der Waals surface area contributed by atoms with Gasteiger partial charge in [0.1, 0.15) is 11.5 Å². The SMILES string of the molecule is Cc1ncc(C(=O)N2CCN(S(=O)(=O)N3CC(C)OC(C)C3)CC2)[nH]1. The molecule has 1 amide bonds. The van der Waals surface area contributed by atoms with Crippen LogP contribution in [-0.2, 0) is 14.9 Å². The number of H-pyrrole nitrogens is 1. The number of carbonyl (C=O) groups excluding carboxylic acids is 1. The molecule has 1 N–H and O–H groups in total. The van der Waals surface area contributed by atoms with Gasteiger partial charge in [0, 0.05) is 39.3 Å². The largest absolute Gasteiger partial charge is 0.373 e. The molecule has 9 nitrogen and oxygen atoms in total. The van der Waals surface area contributed by atoms with Gasteiger partial charge in [-0.3, -0.25) is 4.79 Å². The first-order valence-electron chi connectivity index (χ1n) is 8.49. The van der Waals surface area contributed by atoms with E-state index in [-0.39, 0.29) is 18.1 Å². The second-order valence-electron chi connectivity index (χ2n) is 6.66. The summed E-state index contributed by atoms with van der Waals surface area (Å²) in [4.78, 5) is 21.0. The summed E-state index contributed by atoms with van der Waals surface area (Å²) in [6.45, 7) is 7.58. The summed E-state index contributed by atoms with van der Waals surface area (Å²) in [5, 5.41) is 0. The highest BCUT2D eigenvalue weighted by atomic mass is 32.2. The van der Waals surface area contributed by atoms with Crippen LogP contribution in [0.15, 0.2) is 6.20 Å². The Kier molecular flexibility index (Phi) is 5.14. The number of nitrogens with zero attached hydrogens (tertiary/aromatic N) is 4. The van der Waals surface area contributed by atoms with E-state index in [1.54, 1.807) is 11.8 Å². The van der Waals surface area contributed by atoms with Crippen LogP contribution in [0.3, 0.4) is 0 Å². The molecule has 1 aromatic rings. The highest BCUT2D eigenvalue weighted by Gasteiger charge is 2.37. The first-order valence-corrected chi connectivity index (χ1v) is 9.88. The van der Waals surface area contributed by atoms with Crippen LogP contribution in [0.2, 0.25) is 0 Å². The van der Waals surface area contributed by atoms with E-state index in [4.69, 9.17) is 4.74 Å². The molecule has 2 unspecified atom stereocenters. The molecule has 0 aromatic carbocycles. The molecule has 0 saturated carbocycles. The molecule has 0 radical (unpaired) electrons. The third kappa shape index (κ3) is 3.86. The van der Waals surface area contributed by atoms with Crippen LogP contribution in [0.4, 0.5) is 0 Å². The summed E-state index contributed by atoms with van der Waals surface area (Å²) in [6.07, 6.45) is 1.27. The Morgan fingerprint density at radius 2 is 1.76 bits per heavy atom. The summed E-state index contributed by atoms with van der Waals surface area (Å²) in [6, 6.07) is 0. The number of ether oxygens (including phenoxy) is 1. The molecule has 10 heteroatoms. The Morgan fingerprint density at radius 3 is 2.28 bits per heavy atom. The number of nitrogens with one attached hydrogen (secondary N) is 1. The number of hydrogen-bond donors (Lipinski definition) is 1. The lowest BCUT2D eigenvalue weighted by molar-refractivity contribution is -0.0457. The molecule has 3 rings (SSSR count). The number of carbonyl (C=O) groups is 1. The standard InChI is InChI=1S/C15H25N5O4S/c1-11-9-20(10-12(2)24-11)25(22,23)19-6-4-18(5-7-19)15(21)14-8-16-13(3)17-14/h8,11-12H,4-7,9-10H2,1-3H3,(H,16,17). The first-order chi connectivity index (χ1) is 11.8. The zero-order chi connectivity index (χ0) is 18.2. The number of aromatic amines is 1. The van der Waals surface area contributed by atoms with Crippen molar-refractivity contribution in [1.82, 2.24) is 23.5 Å². The van der Waals surface area contributed by atoms with Crippen LogP contribution in [0, 0.1) is 6.92 Å². The van der Waals surface area contributed by atoms with Gasteiger partial charge in [-0.2, -0.15) is 17.0 Å². The molecule has 1 aromatic heterocycles. The smallest absolute Gasteiger partial charge is 0.282 e. The maximum atomic E-state index is 12.9. The van der Waals surface area contributed by atoms with Crippen LogP contribution in [0.1, 0.15) is 30.2 Å². The van der Waals surface area contributed by atoms with Crippen molar-refractivity contribution in [2.24, 2.45) is 0 Å². The first kappa shape index (κ1) is 18.3. The predicted molar refractivity (Wildman–Crippen MR) is 91.3 cm³/mol. The van der Waals surface area contributed by atoms with Gasteiger partial charge in [-0.25, -0.2) is 4.98 Å². The van der Waals surface area contributed by atoms with Gasteiger partial charge in [0.25, 0.3) is 16.1 Å². The molecule has 0 aliphatic carbocycles. The summed E-state index contributed by atoms with van der Waals surface area (Å²) in [5.74, 6) is 0.534. The van der Waals surface area contributed by atoms with Gasteiger partial charge in [0.05, 0.1) is 18.4 Å². The Morgan fingerprint density at radius 1 is 1.16 bits per heavy atom. The van der Waals surface area contributed by atoms with Gasteiger partial charge in [0.2, 0.25) is 0 Å². The van der Waals surface area contributed by atoms with Crippen molar-refractivity contribution in [3.8, 4) is 0 Å². The topological polar surface area (TPSA) is 98.8 Å². The van der Waals surface area contributed by atoms with Gasteiger partial charge < -0.3 is 14.6 Å². The minimum absolute atomic E-state index is 0.120. The minimum Gasteiger partial charge on any atom is -0.373 e. The second kappa shape index (κ2) is 7.02. The van der Waals surface area contributed by atoms with Crippen LogP contribution >= 0.6 is 0 Å². The number of piperazine rings is 1. The zero-order valence-corrected chi connectivity index (χ0v) is 15.6. The quantitative estimate of drug-likeness (QED) is 0.795. The van der Waals surface area contributed by atoms with E-state index in [0.717, 1.165) is 0 Å². The van der Waals surface area contributed by atoms with E-state index < -0.39 is 10.2 Å². The highest BCUT2D eigenvalue weighted by molar-refractivity contribution is 7.86. The number of imidazole rings is 1. The highest BCUT2D eigenvalue weighted by Crippen LogP contribution is 2.19. The van der Waals surface area contributed by atoms with Crippen molar-refractivity contribution in [2.75, 3.05) is 39.3 Å². The van der Waals surface area contributed by atoms with E-state index in [1.165, 1.54) is 14.8 Å². The van der Waals surface area contributed by atoms with E-state index in [2.05, 4.69) is 9.97 Å². The third-order valence-corrected chi connectivity index (χ3v) is 6.47. The minimum atomic E-state index is -3.53. The fourth-order valence-corrected chi connectivity index (χ4v) is 5.05. The zero-order valence-electron chi connectivity index (χ0n) is 14.8. The fraction of sp³-hybridized carbons (Fsp3) is 0.733. The molecule has 25 heavy (non-hydrogen) atoms. The number of aryl methyl sites for hydroxylation is 1.